The molecule has 23 heteroatoms. The molecule has 3 aliphatic heterocycles. The lowest BCUT2D eigenvalue weighted by atomic mass is 10.1. The first-order valence-corrected chi connectivity index (χ1v) is 18.6. The molecule has 240 valence electrons. The Hall–Kier alpha value is -2.71. The molecule has 4 aromatic rings. The van der Waals surface area contributed by atoms with Gasteiger partial charge >= 0.3 is 13.6 Å². The van der Waals surface area contributed by atoms with E-state index in [4.69, 9.17) is 39.0 Å². The molecule has 45 heavy (non-hydrogen) atoms. The van der Waals surface area contributed by atoms with Crippen molar-refractivity contribution in [3.05, 3.63) is 36.4 Å². The first kappa shape index (κ1) is 30.9. The number of benzene rings is 1. The lowest BCUT2D eigenvalue weighted by molar-refractivity contribution is -0.0602. The summed E-state index contributed by atoms with van der Waals surface area (Å²) in [6.07, 6.45) is -6.44. The van der Waals surface area contributed by atoms with Gasteiger partial charge in [0.05, 0.1) is 30.6 Å². The molecule has 2 bridgehead atoms. The second kappa shape index (κ2) is 11.5. The molecule has 1 aromatic carbocycles. The Balaban J connectivity index is 1.18. The third kappa shape index (κ3) is 5.75. The monoisotopic (exact) mass is 703 g/mol. The summed E-state index contributed by atoms with van der Waals surface area (Å²) in [6.45, 7) is -9.60. The Morgan fingerprint density at radius 3 is 2.53 bits per heavy atom. The number of carbonyl (C=O) groups excluding carboxylic acids is 1. The Morgan fingerprint density at radius 1 is 1.00 bits per heavy atom. The van der Waals surface area contributed by atoms with Crippen molar-refractivity contribution in [1.29, 1.82) is 0 Å². The third-order valence-corrected chi connectivity index (χ3v) is 10.7. The van der Waals surface area contributed by atoms with Crippen molar-refractivity contribution in [3.63, 3.8) is 0 Å². The van der Waals surface area contributed by atoms with Crippen molar-refractivity contribution in [2.75, 3.05) is 18.9 Å². The second-order valence-electron chi connectivity index (χ2n) is 10.3. The van der Waals surface area contributed by atoms with Crippen LogP contribution in [-0.4, -0.2) is 84.2 Å². The number of primary amides is 1. The van der Waals surface area contributed by atoms with E-state index in [1.165, 1.54) is 24.8 Å². The predicted molar refractivity (Wildman–Crippen MR) is 158 cm³/mol. The molecule has 0 saturated carbocycles. The van der Waals surface area contributed by atoms with Crippen LogP contribution in [0.15, 0.2) is 30.9 Å². The van der Waals surface area contributed by atoms with E-state index in [2.05, 4.69) is 49.8 Å². The van der Waals surface area contributed by atoms with Crippen LogP contribution in [0.2, 0.25) is 0 Å². The maximum Gasteiger partial charge on any atom is 0.386 e. The average molecular weight is 704 g/mol. The number of nitrogens with zero attached hydrogens (tertiary/aromatic N) is 7. The zero-order chi connectivity index (χ0) is 31.7. The number of alkyl halides is 1. The fourth-order valence-electron chi connectivity index (χ4n) is 5.42. The number of halogens is 1. The Morgan fingerprint density at radius 2 is 1.76 bits per heavy atom. The maximum atomic E-state index is 15.9. The van der Waals surface area contributed by atoms with Gasteiger partial charge in [-0.2, -0.15) is 0 Å². The lowest BCUT2D eigenvalue weighted by Gasteiger charge is -2.25. The number of hydrogen-bond donors (Lipinski definition) is 4. The summed E-state index contributed by atoms with van der Waals surface area (Å²) in [5.41, 5.74) is 12.5. The van der Waals surface area contributed by atoms with Gasteiger partial charge in [-0.05, 0) is 12.1 Å². The Kier molecular flexibility index (Phi) is 7.91. The van der Waals surface area contributed by atoms with Crippen LogP contribution in [0.1, 0.15) is 29.2 Å². The summed E-state index contributed by atoms with van der Waals surface area (Å²) in [6, 6.07) is 4.51. The van der Waals surface area contributed by atoms with Gasteiger partial charge in [0.1, 0.15) is 48.0 Å². The van der Waals surface area contributed by atoms with Gasteiger partial charge in [0.25, 0.3) is 5.91 Å². The minimum absolute atomic E-state index is 0.0634. The number of rotatable bonds is 3. The van der Waals surface area contributed by atoms with Crippen molar-refractivity contribution in [1.82, 2.24) is 34.5 Å². The van der Waals surface area contributed by atoms with Gasteiger partial charge in [0.15, 0.2) is 23.9 Å². The molecule has 0 spiro atoms. The van der Waals surface area contributed by atoms with Crippen molar-refractivity contribution >= 4 is 72.0 Å². The molecule has 18 nitrogen and oxygen atoms in total. The van der Waals surface area contributed by atoms with Crippen LogP contribution in [0.3, 0.4) is 0 Å². The van der Waals surface area contributed by atoms with Gasteiger partial charge < -0.3 is 20.9 Å². The smallest absolute Gasteiger partial charge is 0.382 e. The molecule has 3 aromatic heterocycles. The Bertz CT molecular complexity index is 1900. The lowest BCUT2D eigenvalue weighted by Crippen LogP contribution is -2.32. The largest absolute Gasteiger partial charge is 0.386 e. The summed E-state index contributed by atoms with van der Waals surface area (Å²) in [4.78, 5) is 24.3. The fourth-order valence-corrected chi connectivity index (χ4v) is 8.40. The molecule has 3 aliphatic rings. The van der Waals surface area contributed by atoms with Crippen LogP contribution in [0.5, 0.6) is 0 Å². The maximum absolute atomic E-state index is 15.9. The number of thiol groups is 2. The summed E-state index contributed by atoms with van der Waals surface area (Å²) in [5.74, 6) is -0.600. The van der Waals surface area contributed by atoms with Crippen LogP contribution in [0.25, 0.3) is 22.2 Å². The van der Waals surface area contributed by atoms with Crippen LogP contribution >= 0.6 is 38.1 Å². The molecule has 0 aliphatic carbocycles. The second-order valence-corrected chi connectivity index (χ2v) is 16.0. The van der Waals surface area contributed by atoms with E-state index in [9.17, 15) is 13.9 Å². The number of aromatic nitrogens is 7. The normalized spacial score (nSPS) is 35.9. The summed E-state index contributed by atoms with van der Waals surface area (Å²) >= 11 is 8.17. The van der Waals surface area contributed by atoms with E-state index in [-0.39, 0.29) is 28.8 Å². The third-order valence-electron chi connectivity index (χ3n) is 7.48. The number of ether oxygens (including phenoxy) is 2. The van der Waals surface area contributed by atoms with Crippen molar-refractivity contribution < 1.29 is 45.9 Å². The molecule has 7 rings (SSSR count). The van der Waals surface area contributed by atoms with Gasteiger partial charge in [-0.15, -0.1) is 5.10 Å². The molecule has 3 unspecified atom stereocenters. The van der Waals surface area contributed by atoms with E-state index in [0.29, 0.717) is 11.2 Å². The molecule has 1 amide bonds. The van der Waals surface area contributed by atoms with Gasteiger partial charge in [-0.25, -0.2) is 33.2 Å². The van der Waals surface area contributed by atoms with Crippen molar-refractivity contribution in [2.24, 2.45) is 5.73 Å². The highest BCUT2D eigenvalue weighted by Crippen LogP contribution is 2.60. The van der Waals surface area contributed by atoms with Crippen LogP contribution in [0.4, 0.5) is 10.2 Å². The first-order chi connectivity index (χ1) is 21.4. The number of nitrogens with two attached hydrogens (primary N) is 2. The molecule has 9 atom stereocenters. The zero-order valence-electron chi connectivity index (χ0n) is 22.7. The van der Waals surface area contributed by atoms with E-state index in [1.807, 2.05) is 0 Å². The summed E-state index contributed by atoms with van der Waals surface area (Å²) in [7, 11) is 0. The number of amides is 1. The standard InChI is InChI=1S/C22H24FN9O9P2S2/c23-15-13-6-37-42(34,44)40-11-4-14(31-8-28-17-19(24)26-7-27-21(17)31)38-12(11)5-36-43(35,45)41-18(15)22(39-13)32-10-3-1-2-9(20(25)33)16(10)29-30-32/h1-3,7-8,11-15,18,22H,4-6H2,(H2,25,33)(H,34,44)(H,35,45)(H2,24,26,27)/t11-,12?,13+,14+,15+,18+,22+,42?,43?/m0/s1. The minimum atomic E-state index is -4.35. The highest BCUT2D eigenvalue weighted by Gasteiger charge is 2.52. The van der Waals surface area contributed by atoms with Gasteiger partial charge in [0, 0.05) is 6.42 Å². The predicted octanol–water partition coefficient (Wildman–Crippen LogP) is 2.37. The number of hydrogen-bond acceptors (Lipinski definition) is 15. The molecule has 0 radical (unpaired) electrons. The minimum Gasteiger partial charge on any atom is -0.382 e. The highest BCUT2D eigenvalue weighted by molar-refractivity contribution is 8.44. The van der Waals surface area contributed by atoms with E-state index >= 15 is 4.39 Å². The molecule has 3 saturated heterocycles. The van der Waals surface area contributed by atoms with E-state index < -0.39 is 75.8 Å². The number of nitrogen functional groups attached to an aromatic ring is 1. The molecule has 6 heterocycles. The van der Waals surface area contributed by atoms with Gasteiger partial charge in [0.2, 0.25) is 0 Å². The van der Waals surface area contributed by atoms with E-state index in [1.54, 1.807) is 10.6 Å². The first-order valence-electron chi connectivity index (χ1n) is 13.2. The molecular weight excluding hydrogens is 679 g/mol. The van der Waals surface area contributed by atoms with Crippen molar-refractivity contribution in [3.8, 4) is 0 Å². The quantitative estimate of drug-likeness (QED) is 0.177. The number of anilines is 1. The molecule has 3 fully saturated rings. The number of imidazole rings is 1. The SMILES string of the molecule is NC(=O)c1cccc2c1nnn2[C@@H]1O[C@@H]2COP(=O)(S)O[C@H]3C[C@H](n4cnc5c(N)ncnc54)OC3COP(=O)(S)O[C@@H]1[C@@H]2F. The average Bonchev–Trinajstić information content (AvgIpc) is 3.76. The topological polar surface area (TPSA) is 233 Å². The zero-order valence-corrected chi connectivity index (χ0v) is 26.3. The van der Waals surface area contributed by atoms with Gasteiger partial charge in [-0.1, -0.05) is 35.8 Å². The number of fused-ring (bicyclic) bond motifs is 5. The van der Waals surface area contributed by atoms with Gasteiger partial charge in [-0.3, -0.25) is 27.5 Å². The van der Waals surface area contributed by atoms with Crippen molar-refractivity contribution in [2.45, 2.75) is 49.5 Å². The van der Waals surface area contributed by atoms with Crippen LogP contribution in [0, 0.1) is 0 Å². The highest BCUT2D eigenvalue weighted by atomic mass is 32.7. The van der Waals surface area contributed by atoms with Crippen LogP contribution in [-0.2, 0) is 36.7 Å². The molecular formula is C22H24FN9O9P2S2. The Labute approximate surface area is 262 Å². The summed E-state index contributed by atoms with van der Waals surface area (Å²) < 4.78 is 79.8. The van der Waals surface area contributed by atoms with E-state index in [0.717, 1.165) is 4.68 Å². The summed E-state index contributed by atoms with van der Waals surface area (Å²) in [5, 5.41) is 7.99. The number of carbonyl (C=O) groups is 1. The fraction of sp³-hybridized carbons (Fsp3) is 0.455. The van der Waals surface area contributed by atoms with Crippen LogP contribution < -0.4 is 11.5 Å². The molecule has 4 N–H and O–H groups in total.